The first-order valence-electron chi connectivity index (χ1n) is 9.19. The number of hydrogen-bond acceptors (Lipinski definition) is 4. The Balaban J connectivity index is 1.50. The molecule has 27 heavy (non-hydrogen) atoms. The van der Waals surface area contributed by atoms with Crippen LogP contribution in [-0.4, -0.2) is 37.5 Å². The van der Waals surface area contributed by atoms with Gasteiger partial charge in [0.15, 0.2) is 0 Å². The summed E-state index contributed by atoms with van der Waals surface area (Å²) >= 11 is 0. The van der Waals surface area contributed by atoms with Crippen molar-refractivity contribution in [3.8, 4) is 5.75 Å². The van der Waals surface area contributed by atoms with Crippen LogP contribution in [0, 0.1) is 5.41 Å². The van der Waals surface area contributed by atoms with Crippen LogP contribution in [0.5, 0.6) is 5.75 Å². The van der Waals surface area contributed by atoms with Crippen molar-refractivity contribution in [3.63, 3.8) is 0 Å². The summed E-state index contributed by atoms with van der Waals surface area (Å²) in [4.78, 5) is 12.2. The number of urea groups is 1. The molecule has 0 aromatic heterocycles. The smallest absolute Gasteiger partial charge is 0.319 e. The van der Waals surface area contributed by atoms with E-state index in [1.165, 1.54) is 0 Å². The third-order valence-electron chi connectivity index (χ3n) is 4.85. The lowest BCUT2D eigenvalue weighted by atomic mass is 9.81. The predicted octanol–water partition coefficient (Wildman–Crippen LogP) is 3.18. The van der Waals surface area contributed by atoms with Crippen molar-refractivity contribution in [2.45, 2.75) is 19.4 Å². The number of benzene rings is 2. The normalized spacial score (nSPS) is 15.7. The van der Waals surface area contributed by atoms with E-state index in [4.69, 9.17) is 9.47 Å². The predicted molar refractivity (Wildman–Crippen MR) is 104 cm³/mol. The van der Waals surface area contributed by atoms with Gasteiger partial charge < -0.3 is 25.2 Å². The van der Waals surface area contributed by atoms with Crippen molar-refractivity contribution in [1.29, 1.82) is 0 Å². The highest BCUT2D eigenvalue weighted by Gasteiger charge is 2.32. The van der Waals surface area contributed by atoms with Gasteiger partial charge in [0, 0.05) is 36.9 Å². The number of amides is 2. The van der Waals surface area contributed by atoms with E-state index in [9.17, 15) is 9.90 Å². The highest BCUT2D eigenvalue weighted by Crippen LogP contribution is 2.29. The first kappa shape index (κ1) is 19.2. The van der Waals surface area contributed by atoms with E-state index in [1.54, 1.807) is 6.07 Å². The molecule has 6 heteroatoms. The Morgan fingerprint density at radius 1 is 1.11 bits per heavy atom. The first-order chi connectivity index (χ1) is 13.2. The van der Waals surface area contributed by atoms with Gasteiger partial charge in [-0.3, -0.25) is 0 Å². The quantitative estimate of drug-likeness (QED) is 0.699. The fraction of sp³-hybridized carbons (Fsp3) is 0.381. The van der Waals surface area contributed by atoms with Crippen molar-refractivity contribution >= 4 is 11.7 Å². The molecule has 6 nitrogen and oxygen atoms in total. The molecule has 1 aliphatic heterocycles. The molecule has 0 atom stereocenters. The third kappa shape index (κ3) is 5.70. The summed E-state index contributed by atoms with van der Waals surface area (Å²) in [7, 11) is 0. The Labute approximate surface area is 159 Å². The van der Waals surface area contributed by atoms with Crippen LogP contribution in [0.15, 0.2) is 54.6 Å². The van der Waals surface area contributed by atoms with E-state index < -0.39 is 0 Å². The summed E-state index contributed by atoms with van der Waals surface area (Å²) in [5.74, 6) is 0.688. The summed E-state index contributed by atoms with van der Waals surface area (Å²) in [5, 5.41) is 15.4. The number of nitrogens with one attached hydrogen (secondary N) is 2. The van der Waals surface area contributed by atoms with Gasteiger partial charge >= 0.3 is 6.03 Å². The highest BCUT2D eigenvalue weighted by atomic mass is 16.5. The largest absolute Gasteiger partial charge is 0.489 e. The summed E-state index contributed by atoms with van der Waals surface area (Å²) in [5.41, 5.74) is 1.44. The van der Waals surface area contributed by atoms with E-state index >= 15 is 0 Å². The van der Waals surface area contributed by atoms with Crippen LogP contribution < -0.4 is 15.4 Å². The summed E-state index contributed by atoms with van der Waals surface area (Å²) in [6.07, 6.45) is 1.49. The Morgan fingerprint density at radius 2 is 1.89 bits per heavy atom. The van der Waals surface area contributed by atoms with Crippen LogP contribution in [0.4, 0.5) is 10.5 Å². The maximum atomic E-state index is 12.2. The van der Waals surface area contributed by atoms with Gasteiger partial charge in [-0.25, -0.2) is 4.79 Å². The second-order valence-electron chi connectivity index (χ2n) is 6.88. The van der Waals surface area contributed by atoms with Crippen LogP contribution in [-0.2, 0) is 11.3 Å². The zero-order valence-corrected chi connectivity index (χ0v) is 15.3. The third-order valence-corrected chi connectivity index (χ3v) is 4.85. The molecule has 0 bridgehead atoms. The SMILES string of the molecule is O=C(NCC1(CO)CCOCC1)Nc1cccc(OCc2ccccc2)c1. The summed E-state index contributed by atoms with van der Waals surface area (Å²) in [6.45, 7) is 2.16. The monoisotopic (exact) mass is 370 g/mol. The number of carbonyl (C=O) groups excluding carboxylic acids is 1. The summed E-state index contributed by atoms with van der Waals surface area (Å²) in [6, 6.07) is 16.9. The fourth-order valence-corrected chi connectivity index (χ4v) is 3.04. The zero-order valence-electron chi connectivity index (χ0n) is 15.3. The number of aliphatic hydroxyl groups excluding tert-OH is 1. The number of anilines is 1. The van der Waals surface area contributed by atoms with Gasteiger partial charge in [-0.05, 0) is 30.5 Å². The molecule has 0 saturated carbocycles. The average Bonchev–Trinajstić information content (AvgIpc) is 2.72. The number of hydrogen-bond donors (Lipinski definition) is 3. The molecule has 3 rings (SSSR count). The minimum Gasteiger partial charge on any atom is -0.489 e. The molecule has 2 aromatic carbocycles. The molecular formula is C21H26N2O4. The topological polar surface area (TPSA) is 79.8 Å². The van der Waals surface area contributed by atoms with E-state index in [0.29, 0.717) is 37.8 Å². The van der Waals surface area contributed by atoms with E-state index in [-0.39, 0.29) is 18.1 Å². The van der Waals surface area contributed by atoms with Gasteiger partial charge in [0.2, 0.25) is 0 Å². The van der Waals surface area contributed by atoms with Gasteiger partial charge in [-0.15, -0.1) is 0 Å². The van der Waals surface area contributed by atoms with Gasteiger partial charge in [0.05, 0.1) is 6.61 Å². The molecule has 2 amide bonds. The van der Waals surface area contributed by atoms with Crippen molar-refractivity contribution < 1.29 is 19.4 Å². The number of ether oxygens (including phenoxy) is 2. The molecule has 1 saturated heterocycles. The molecular weight excluding hydrogens is 344 g/mol. The van der Waals surface area contributed by atoms with E-state index in [0.717, 1.165) is 18.4 Å². The lowest BCUT2D eigenvalue weighted by molar-refractivity contribution is -0.0136. The number of carbonyl (C=O) groups is 1. The van der Waals surface area contributed by atoms with Gasteiger partial charge in [-0.2, -0.15) is 0 Å². The standard InChI is InChI=1S/C21H26N2O4/c24-16-21(9-11-26-12-10-21)15-22-20(25)23-18-7-4-8-19(13-18)27-14-17-5-2-1-3-6-17/h1-8,13,24H,9-12,14-16H2,(H2,22,23,25). The van der Waals surface area contributed by atoms with Crippen LogP contribution in [0.25, 0.3) is 0 Å². The van der Waals surface area contributed by atoms with Crippen molar-refractivity contribution in [1.82, 2.24) is 5.32 Å². The van der Waals surface area contributed by atoms with Gasteiger partial charge in [0.1, 0.15) is 12.4 Å². The van der Waals surface area contributed by atoms with Gasteiger partial charge in [0.25, 0.3) is 0 Å². The van der Waals surface area contributed by atoms with Crippen LogP contribution in [0.1, 0.15) is 18.4 Å². The van der Waals surface area contributed by atoms with Gasteiger partial charge in [-0.1, -0.05) is 36.4 Å². The van der Waals surface area contributed by atoms with E-state index in [1.807, 2.05) is 48.5 Å². The van der Waals surface area contributed by atoms with Crippen molar-refractivity contribution in [3.05, 3.63) is 60.2 Å². The zero-order chi connectivity index (χ0) is 19.0. The van der Waals surface area contributed by atoms with Crippen LogP contribution in [0.3, 0.4) is 0 Å². The first-order valence-corrected chi connectivity index (χ1v) is 9.19. The fourth-order valence-electron chi connectivity index (χ4n) is 3.04. The molecule has 0 radical (unpaired) electrons. The molecule has 144 valence electrons. The Bertz CT molecular complexity index is 730. The van der Waals surface area contributed by atoms with Crippen molar-refractivity contribution in [2.75, 3.05) is 31.7 Å². The minimum atomic E-state index is -0.297. The number of aliphatic hydroxyl groups is 1. The lowest BCUT2D eigenvalue weighted by Gasteiger charge is -2.35. The van der Waals surface area contributed by atoms with Crippen LogP contribution in [0.2, 0.25) is 0 Å². The molecule has 0 spiro atoms. The molecule has 1 heterocycles. The minimum absolute atomic E-state index is 0.0411. The molecule has 0 aliphatic carbocycles. The average molecular weight is 370 g/mol. The van der Waals surface area contributed by atoms with Crippen LogP contribution >= 0.6 is 0 Å². The second kappa shape index (κ2) is 9.39. The Morgan fingerprint density at radius 3 is 2.63 bits per heavy atom. The lowest BCUT2D eigenvalue weighted by Crippen LogP contribution is -2.44. The Hall–Kier alpha value is -2.57. The maximum absolute atomic E-state index is 12.2. The Kier molecular flexibility index (Phi) is 6.68. The molecule has 1 fully saturated rings. The maximum Gasteiger partial charge on any atom is 0.319 e. The number of rotatable bonds is 7. The molecule has 1 aliphatic rings. The molecule has 0 unspecified atom stereocenters. The summed E-state index contributed by atoms with van der Waals surface area (Å²) < 4.78 is 11.1. The highest BCUT2D eigenvalue weighted by molar-refractivity contribution is 5.89. The van der Waals surface area contributed by atoms with Crippen molar-refractivity contribution in [2.24, 2.45) is 5.41 Å². The second-order valence-corrected chi connectivity index (χ2v) is 6.88. The molecule has 3 N–H and O–H groups in total. The molecule has 2 aromatic rings. The van der Waals surface area contributed by atoms with E-state index in [2.05, 4.69) is 10.6 Å².